The van der Waals surface area contributed by atoms with E-state index in [2.05, 4.69) is 0 Å². The summed E-state index contributed by atoms with van der Waals surface area (Å²) in [6.07, 6.45) is 0.829. The molecule has 3 aromatic carbocycles. The molecule has 38 heavy (non-hydrogen) atoms. The molecule has 1 heterocycles. The molecule has 1 saturated heterocycles. The molecule has 1 aliphatic heterocycles. The second-order valence-corrected chi connectivity index (χ2v) is 9.58. The van der Waals surface area contributed by atoms with Crippen LogP contribution in [0.3, 0.4) is 0 Å². The zero-order chi connectivity index (χ0) is 27.4. The quantitative estimate of drug-likeness (QED) is 0.134. The number of ketones is 1. The summed E-state index contributed by atoms with van der Waals surface area (Å²) in [5.41, 5.74) is 2.54. The zero-order valence-corrected chi connectivity index (χ0v) is 21.9. The van der Waals surface area contributed by atoms with E-state index in [0.29, 0.717) is 40.8 Å². The highest BCUT2D eigenvalue weighted by Crippen LogP contribution is 2.42. The number of Topliss-reactive ketones (excluding diaryl/α,β-unsaturated/α-hetero) is 1. The van der Waals surface area contributed by atoms with Gasteiger partial charge in [-0.15, -0.1) is 0 Å². The average Bonchev–Trinajstić information content (AvgIpc) is 3.17. The van der Waals surface area contributed by atoms with Gasteiger partial charge >= 0.3 is 5.97 Å². The Bertz CT molecular complexity index is 1370. The van der Waals surface area contributed by atoms with Crippen molar-refractivity contribution in [2.45, 2.75) is 40.2 Å². The Labute approximate surface area is 222 Å². The minimum absolute atomic E-state index is 0.0317. The summed E-state index contributed by atoms with van der Waals surface area (Å²) in [5.74, 6) is -1.08. The van der Waals surface area contributed by atoms with Gasteiger partial charge < -0.3 is 14.6 Å². The number of carbonyl (C=O) groups is 3. The Morgan fingerprint density at radius 3 is 2.26 bits per heavy atom. The van der Waals surface area contributed by atoms with Gasteiger partial charge in [0.25, 0.3) is 11.7 Å². The van der Waals surface area contributed by atoms with E-state index >= 15 is 0 Å². The first kappa shape index (κ1) is 26.7. The van der Waals surface area contributed by atoms with Crippen molar-refractivity contribution in [2.24, 2.45) is 5.92 Å². The number of amides is 1. The minimum Gasteiger partial charge on any atom is -0.507 e. The predicted molar refractivity (Wildman–Crippen MR) is 145 cm³/mol. The first-order chi connectivity index (χ1) is 18.2. The number of aliphatic hydroxyl groups excluding tert-OH is 1. The maximum absolute atomic E-state index is 13.4. The van der Waals surface area contributed by atoms with E-state index in [1.807, 2.05) is 32.9 Å². The van der Waals surface area contributed by atoms with Crippen LogP contribution in [0.25, 0.3) is 5.76 Å². The van der Waals surface area contributed by atoms with Crippen LogP contribution in [0.2, 0.25) is 0 Å². The van der Waals surface area contributed by atoms with E-state index < -0.39 is 23.7 Å². The molecule has 7 nitrogen and oxygen atoms in total. The van der Waals surface area contributed by atoms with Crippen LogP contribution in [-0.2, 0) is 20.8 Å². The molecule has 1 amide bonds. The molecule has 0 radical (unpaired) electrons. The van der Waals surface area contributed by atoms with E-state index in [9.17, 15) is 19.5 Å². The van der Waals surface area contributed by atoms with Gasteiger partial charge in [0, 0.05) is 18.2 Å². The Hall–Kier alpha value is -4.39. The highest BCUT2D eigenvalue weighted by Gasteiger charge is 2.47. The fourth-order valence-electron chi connectivity index (χ4n) is 4.34. The van der Waals surface area contributed by atoms with E-state index in [-0.39, 0.29) is 11.3 Å². The first-order valence-electron chi connectivity index (χ1n) is 12.6. The second kappa shape index (κ2) is 11.3. The standard InChI is InChI=1S/C31H31NO6/c1-5-21-9-13-24(14-10-21)32-28(22-11-15-25(16-12-22)38-20(4)33)27(30(35)31(32)36)29(34)23-7-6-8-26(17-23)37-18-19(2)3/h6-17,19,28,34H,5,18H2,1-4H3/b29-27-. The SMILES string of the molecule is CCc1ccc(N2C(=O)C(=O)/C(=C(\O)c3cccc(OCC(C)C)c3)C2c2ccc(OC(C)=O)cc2)cc1. The normalized spacial score (nSPS) is 16.7. The van der Waals surface area contributed by atoms with Gasteiger partial charge in [-0.05, 0) is 59.9 Å². The molecule has 0 spiro atoms. The number of ether oxygens (including phenoxy) is 2. The smallest absolute Gasteiger partial charge is 0.308 e. The second-order valence-electron chi connectivity index (χ2n) is 9.58. The van der Waals surface area contributed by atoms with Crippen LogP contribution >= 0.6 is 0 Å². The van der Waals surface area contributed by atoms with Gasteiger partial charge in [-0.2, -0.15) is 0 Å². The van der Waals surface area contributed by atoms with Gasteiger partial charge in [-0.3, -0.25) is 19.3 Å². The molecule has 7 heteroatoms. The van der Waals surface area contributed by atoms with E-state index in [4.69, 9.17) is 9.47 Å². The molecule has 1 aliphatic rings. The maximum atomic E-state index is 13.4. The van der Waals surface area contributed by atoms with E-state index in [1.54, 1.807) is 60.7 Å². The van der Waals surface area contributed by atoms with Gasteiger partial charge in [0.05, 0.1) is 18.2 Å². The number of nitrogens with zero attached hydrogens (tertiary/aromatic N) is 1. The zero-order valence-electron chi connectivity index (χ0n) is 21.9. The fraction of sp³-hybridized carbons (Fsp3) is 0.258. The molecular weight excluding hydrogens is 482 g/mol. The summed E-state index contributed by atoms with van der Waals surface area (Å²) in [4.78, 5) is 39.6. The van der Waals surface area contributed by atoms with Crippen LogP contribution < -0.4 is 14.4 Å². The molecule has 196 valence electrons. The summed E-state index contributed by atoms with van der Waals surface area (Å²) >= 11 is 0. The van der Waals surface area contributed by atoms with Crippen molar-refractivity contribution in [1.29, 1.82) is 0 Å². The third-order valence-electron chi connectivity index (χ3n) is 6.22. The minimum atomic E-state index is -0.894. The van der Waals surface area contributed by atoms with Crippen molar-refractivity contribution >= 4 is 29.1 Å². The number of rotatable bonds is 8. The van der Waals surface area contributed by atoms with Crippen LogP contribution in [0, 0.1) is 5.92 Å². The third kappa shape index (κ3) is 5.62. The first-order valence-corrected chi connectivity index (χ1v) is 12.6. The molecule has 1 atom stereocenters. The molecule has 0 aromatic heterocycles. The molecule has 4 rings (SSSR count). The van der Waals surface area contributed by atoms with Crippen LogP contribution in [-0.4, -0.2) is 29.4 Å². The number of aryl methyl sites for hydroxylation is 1. The van der Waals surface area contributed by atoms with Crippen LogP contribution in [0.4, 0.5) is 5.69 Å². The van der Waals surface area contributed by atoms with Crippen LogP contribution in [0.1, 0.15) is 50.4 Å². The Balaban J connectivity index is 1.84. The van der Waals surface area contributed by atoms with Gasteiger partial charge in [-0.1, -0.05) is 57.2 Å². The predicted octanol–water partition coefficient (Wildman–Crippen LogP) is 5.84. The molecule has 0 aliphatic carbocycles. The van der Waals surface area contributed by atoms with Crippen molar-refractivity contribution in [3.63, 3.8) is 0 Å². The Morgan fingerprint density at radius 1 is 0.974 bits per heavy atom. The number of benzene rings is 3. The number of esters is 1. The average molecular weight is 514 g/mol. The summed E-state index contributed by atoms with van der Waals surface area (Å²) in [5, 5.41) is 11.4. The lowest BCUT2D eigenvalue weighted by Crippen LogP contribution is -2.29. The van der Waals surface area contributed by atoms with Gasteiger partial charge in [0.1, 0.15) is 17.3 Å². The highest BCUT2D eigenvalue weighted by molar-refractivity contribution is 6.51. The van der Waals surface area contributed by atoms with Gasteiger partial charge in [0.15, 0.2) is 0 Å². The van der Waals surface area contributed by atoms with E-state index in [1.165, 1.54) is 11.8 Å². The van der Waals surface area contributed by atoms with Crippen molar-refractivity contribution in [2.75, 3.05) is 11.5 Å². The molecule has 1 N–H and O–H groups in total. The third-order valence-corrected chi connectivity index (χ3v) is 6.22. The molecule has 1 fully saturated rings. The van der Waals surface area contributed by atoms with E-state index in [0.717, 1.165) is 12.0 Å². The number of anilines is 1. The number of hydrogen-bond acceptors (Lipinski definition) is 6. The van der Waals surface area contributed by atoms with Gasteiger partial charge in [0.2, 0.25) is 0 Å². The Kier molecular flexibility index (Phi) is 7.96. The van der Waals surface area contributed by atoms with Crippen LogP contribution in [0.15, 0.2) is 78.4 Å². The molecular formula is C31H31NO6. The lowest BCUT2D eigenvalue weighted by Gasteiger charge is -2.25. The fourth-order valence-corrected chi connectivity index (χ4v) is 4.34. The molecule has 0 saturated carbocycles. The van der Waals surface area contributed by atoms with Crippen molar-refractivity contribution in [3.05, 3.63) is 95.1 Å². The number of aliphatic hydroxyl groups is 1. The highest BCUT2D eigenvalue weighted by atomic mass is 16.5. The Morgan fingerprint density at radius 2 is 1.66 bits per heavy atom. The summed E-state index contributed by atoms with van der Waals surface area (Å²) in [6.45, 7) is 7.90. The summed E-state index contributed by atoms with van der Waals surface area (Å²) in [6, 6.07) is 19.9. The summed E-state index contributed by atoms with van der Waals surface area (Å²) < 4.78 is 10.9. The molecule has 3 aromatic rings. The largest absolute Gasteiger partial charge is 0.507 e. The number of carbonyl (C=O) groups excluding carboxylic acids is 3. The molecule has 0 bridgehead atoms. The van der Waals surface area contributed by atoms with Crippen LogP contribution in [0.5, 0.6) is 11.5 Å². The number of hydrogen-bond donors (Lipinski definition) is 1. The van der Waals surface area contributed by atoms with Crippen molar-refractivity contribution in [1.82, 2.24) is 0 Å². The van der Waals surface area contributed by atoms with Crippen molar-refractivity contribution < 1.29 is 29.0 Å². The van der Waals surface area contributed by atoms with Gasteiger partial charge in [-0.25, -0.2) is 0 Å². The maximum Gasteiger partial charge on any atom is 0.308 e. The lowest BCUT2D eigenvalue weighted by atomic mass is 9.95. The summed E-state index contributed by atoms with van der Waals surface area (Å²) in [7, 11) is 0. The monoisotopic (exact) mass is 513 g/mol. The van der Waals surface area contributed by atoms with Crippen molar-refractivity contribution in [3.8, 4) is 11.5 Å². The topological polar surface area (TPSA) is 93.1 Å². The lowest BCUT2D eigenvalue weighted by molar-refractivity contribution is -0.132. The molecule has 1 unspecified atom stereocenters.